The first-order valence-electron chi connectivity index (χ1n) is 8.42. The van der Waals surface area contributed by atoms with Gasteiger partial charge in [-0.15, -0.1) is 0 Å². The molecule has 1 nitrogen and oxygen atoms in total. The maximum absolute atomic E-state index is 3.56. The molecule has 0 fully saturated rings. The monoisotopic (exact) mass is 305 g/mol. The molecular formula is C23H15N. The standard InChI is InChI=1S/C23H15N/c1-2-6-18-14(5-1)9-17-10-15-12-21-19-7-3-4-8-22(19)24-23(21)13-16(15)11-20(17)18/h1-8,10-13,24H,9H2. The van der Waals surface area contributed by atoms with Crippen LogP contribution in [-0.4, -0.2) is 4.98 Å². The molecule has 1 heterocycles. The largest absolute Gasteiger partial charge is 0.354 e. The van der Waals surface area contributed by atoms with E-state index < -0.39 is 0 Å². The number of para-hydroxylation sites is 1. The molecule has 1 heteroatoms. The molecule has 5 aromatic rings. The fourth-order valence-corrected chi connectivity index (χ4v) is 4.23. The Labute approximate surface area is 139 Å². The van der Waals surface area contributed by atoms with Crippen molar-refractivity contribution in [1.29, 1.82) is 0 Å². The van der Waals surface area contributed by atoms with Crippen LogP contribution in [0, 0.1) is 0 Å². The van der Waals surface area contributed by atoms with Gasteiger partial charge in [-0.25, -0.2) is 0 Å². The summed E-state index contributed by atoms with van der Waals surface area (Å²) < 4.78 is 0. The Kier molecular flexibility index (Phi) is 2.20. The van der Waals surface area contributed by atoms with Gasteiger partial charge in [0, 0.05) is 21.8 Å². The van der Waals surface area contributed by atoms with Gasteiger partial charge in [0.15, 0.2) is 0 Å². The van der Waals surface area contributed by atoms with E-state index >= 15 is 0 Å². The topological polar surface area (TPSA) is 15.8 Å². The fourth-order valence-electron chi connectivity index (χ4n) is 4.23. The van der Waals surface area contributed by atoms with Crippen LogP contribution in [0.1, 0.15) is 11.1 Å². The lowest BCUT2D eigenvalue weighted by Gasteiger charge is -2.05. The zero-order valence-corrected chi connectivity index (χ0v) is 13.1. The first kappa shape index (κ1) is 12.4. The number of H-pyrrole nitrogens is 1. The van der Waals surface area contributed by atoms with Gasteiger partial charge in [0.2, 0.25) is 0 Å². The second kappa shape index (κ2) is 4.27. The van der Waals surface area contributed by atoms with Crippen molar-refractivity contribution in [3.63, 3.8) is 0 Å². The zero-order chi connectivity index (χ0) is 15.7. The van der Waals surface area contributed by atoms with E-state index in [1.165, 1.54) is 54.8 Å². The maximum atomic E-state index is 3.56. The third-order valence-corrected chi connectivity index (χ3v) is 5.37. The average Bonchev–Trinajstić information content (AvgIpc) is 3.15. The van der Waals surface area contributed by atoms with E-state index in [4.69, 9.17) is 0 Å². The molecule has 1 aliphatic rings. The molecule has 1 aromatic heterocycles. The van der Waals surface area contributed by atoms with Crippen LogP contribution in [0.15, 0.2) is 72.8 Å². The highest BCUT2D eigenvalue weighted by atomic mass is 14.7. The van der Waals surface area contributed by atoms with Gasteiger partial charge in [-0.3, -0.25) is 0 Å². The number of fused-ring (bicyclic) bond motifs is 7. The molecule has 0 radical (unpaired) electrons. The minimum atomic E-state index is 1.05. The molecule has 0 unspecified atom stereocenters. The highest BCUT2D eigenvalue weighted by Gasteiger charge is 2.18. The summed E-state index contributed by atoms with van der Waals surface area (Å²) in [6, 6.07) is 26.7. The summed E-state index contributed by atoms with van der Waals surface area (Å²) in [6.45, 7) is 0. The van der Waals surface area contributed by atoms with Crippen LogP contribution in [0.3, 0.4) is 0 Å². The molecule has 0 bridgehead atoms. The van der Waals surface area contributed by atoms with Gasteiger partial charge in [0.1, 0.15) is 0 Å². The second-order valence-corrected chi connectivity index (χ2v) is 6.76. The Morgan fingerprint density at radius 3 is 2.42 bits per heavy atom. The summed E-state index contributed by atoms with van der Waals surface area (Å²) in [4.78, 5) is 3.56. The molecule has 0 amide bonds. The van der Waals surface area contributed by atoms with Gasteiger partial charge >= 0.3 is 0 Å². The molecule has 24 heavy (non-hydrogen) atoms. The summed E-state index contributed by atoms with van der Waals surface area (Å²) in [7, 11) is 0. The molecule has 0 saturated heterocycles. The van der Waals surface area contributed by atoms with Crippen molar-refractivity contribution in [1.82, 2.24) is 4.98 Å². The van der Waals surface area contributed by atoms with Gasteiger partial charge in [-0.05, 0) is 63.7 Å². The maximum Gasteiger partial charge on any atom is 0.0471 e. The minimum Gasteiger partial charge on any atom is -0.354 e. The van der Waals surface area contributed by atoms with Gasteiger partial charge < -0.3 is 4.98 Å². The number of hydrogen-bond donors (Lipinski definition) is 1. The molecule has 6 rings (SSSR count). The van der Waals surface area contributed by atoms with Gasteiger partial charge in [0.05, 0.1) is 0 Å². The predicted molar refractivity (Wildman–Crippen MR) is 102 cm³/mol. The normalized spacial score (nSPS) is 12.8. The predicted octanol–water partition coefficient (Wildman–Crippen LogP) is 6.05. The number of aromatic nitrogens is 1. The number of nitrogens with one attached hydrogen (secondary N) is 1. The van der Waals surface area contributed by atoms with E-state index in [1.54, 1.807) is 0 Å². The lowest BCUT2D eigenvalue weighted by Crippen LogP contribution is -1.82. The summed E-state index contributed by atoms with van der Waals surface area (Å²) in [5, 5.41) is 5.26. The number of hydrogen-bond acceptors (Lipinski definition) is 0. The van der Waals surface area contributed by atoms with Crippen molar-refractivity contribution < 1.29 is 0 Å². The van der Waals surface area contributed by atoms with Crippen LogP contribution < -0.4 is 0 Å². The minimum absolute atomic E-state index is 1.05. The zero-order valence-electron chi connectivity index (χ0n) is 13.1. The van der Waals surface area contributed by atoms with E-state index in [2.05, 4.69) is 77.8 Å². The quantitative estimate of drug-likeness (QED) is 0.352. The number of benzene rings is 4. The third kappa shape index (κ3) is 1.54. The average molecular weight is 305 g/mol. The molecule has 0 saturated carbocycles. The third-order valence-electron chi connectivity index (χ3n) is 5.37. The van der Waals surface area contributed by atoms with E-state index in [-0.39, 0.29) is 0 Å². The van der Waals surface area contributed by atoms with Crippen LogP contribution in [0.25, 0.3) is 43.7 Å². The van der Waals surface area contributed by atoms with Gasteiger partial charge in [0.25, 0.3) is 0 Å². The summed E-state index contributed by atoms with van der Waals surface area (Å²) >= 11 is 0. The van der Waals surface area contributed by atoms with Crippen molar-refractivity contribution in [3.8, 4) is 11.1 Å². The second-order valence-electron chi connectivity index (χ2n) is 6.76. The Morgan fingerprint density at radius 1 is 0.583 bits per heavy atom. The SMILES string of the molecule is c1ccc2c(c1)Cc1cc3cc4c(cc3cc1-2)[nH]c1ccccc14. The van der Waals surface area contributed by atoms with Crippen molar-refractivity contribution in [2.24, 2.45) is 0 Å². The van der Waals surface area contributed by atoms with Crippen molar-refractivity contribution in [2.45, 2.75) is 6.42 Å². The first-order valence-corrected chi connectivity index (χ1v) is 8.42. The highest BCUT2D eigenvalue weighted by molar-refractivity contribution is 6.12. The van der Waals surface area contributed by atoms with E-state index in [1.807, 2.05) is 0 Å². The van der Waals surface area contributed by atoms with Crippen LogP contribution in [-0.2, 0) is 6.42 Å². The van der Waals surface area contributed by atoms with Gasteiger partial charge in [-0.1, -0.05) is 48.5 Å². The Bertz CT molecular complexity index is 1270. The summed E-state index contributed by atoms with van der Waals surface area (Å²) in [5.74, 6) is 0. The van der Waals surface area contributed by atoms with Crippen LogP contribution in [0.4, 0.5) is 0 Å². The van der Waals surface area contributed by atoms with Crippen molar-refractivity contribution >= 4 is 32.6 Å². The van der Waals surface area contributed by atoms with Crippen LogP contribution in [0.5, 0.6) is 0 Å². The first-order chi connectivity index (χ1) is 11.9. The lowest BCUT2D eigenvalue weighted by atomic mass is 9.99. The number of aromatic amines is 1. The van der Waals surface area contributed by atoms with Crippen LogP contribution in [0.2, 0.25) is 0 Å². The molecule has 1 aliphatic carbocycles. The highest BCUT2D eigenvalue weighted by Crippen LogP contribution is 2.40. The fraction of sp³-hybridized carbons (Fsp3) is 0.0435. The van der Waals surface area contributed by atoms with E-state index in [9.17, 15) is 0 Å². The van der Waals surface area contributed by atoms with Crippen molar-refractivity contribution in [2.75, 3.05) is 0 Å². The van der Waals surface area contributed by atoms with Crippen LogP contribution >= 0.6 is 0 Å². The molecule has 0 atom stereocenters. The smallest absolute Gasteiger partial charge is 0.0471 e. The van der Waals surface area contributed by atoms with E-state index in [0.29, 0.717) is 0 Å². The van der Waals surface area contributed by atoms with Gasteiger partial charge in [-0.2, -0.15) is 0 Å². The van der Waals surface area contributed by atoms with Crippen molar-refractivity contribution in [3.05, 3.63) is 83.9 Å². The molecular weight excluding hydrogens is 290 g/mol. The Morgan fingerprint density at radius 2 is 1.42 bits per heavy atom. The molecule has 4 aromatic carbocycles. The lowest BCUT2D eigenvalue weighted by molar-refractivity contribution is 1.27. The Balaban J connectivity index is 1.70. The molecule has 0 aliphatic heterocycles. The van der Waals surface area contributed by atoms with E-state index in [0.717, 1.165) is 6.42 Å². The Hall–Kier alpha value is -3.06. The number of rotatable bonds is 0. The summed E-state index contributed by atoms with van der Waals surface area (Å²) in [6.07, 6.45) is 1.05. The molecule has 112 valence electrons. The molecule has 0 spiro atoms. The molecule has 1 N–H and O–H groups in total. The summed E-state index contributed by atoms with van der Waals surface area (Å²) in [5.41, 5.74) is 8.11.